The van der Waals surface area contributed by atoms with Crippen LogP contribution in [0.2, 0.25) is 0 Å². The van der Waals surface area contributed by atoms with Gasteiger partial charge in [-0.2, -0.15) is 0 Å². The van der Waals surface area contributed by atoms with E-state index in [0.29, 0.717) is 30.1 Å². The Morgan fingerprint density at radius 3 is 2.56 bits per heavy atom. The molecule has 3 aliphatic rings. The van der Waals surface area contributed by atoms with Crippen LogP contribution < -0.4 is 0 Å². The van der Waals surface area contributed by atoms with E-state index in [2.05, 4.69) is 65.0 Å². The van der Waals surface area contributed by atoms with Gasteiger partial charge in [0.1, 0.15) is 6.10 Å². The normalized spacial score (nSPS) is 38.5. The molecular formula is C30H47NO5. The van der Waals surface area contributed by atoms with E-state index >= 15 is 0 Å². The van der Waals surface area contributed by atoms with Crippen LogP contribution in [0.1, 0.15) is 60.3 Å². The Bertz CT molecular complexity index is 875. The Morgan fingerprint density at radius 2 is 1.92 bits per heavy atom. The summed E-state index contributed by atoms with van der Waals surface area (Å²) >= 11 is 0. The summed E-state index contributed by atoms with van der Waals surface area (Å²) in [6.45, 7) is 11.0. The highest BCUT2D eigenvalue weighted by molar-refractivity contribution is 5.67. The molecule has 36 heavy (non-hydrogen) atoms. The fraction of sp³-hybridized carbons (Fsp3) is 0.700. The molecule has 0 radical (unpaired) electrons. The van der Waals surface area contributed by atoms with Gasteiger partial charge in [0.2, 0.25) is 0 Å². The average Bonchev–Trinajstić information content (AvgIpc) is 3.44. The molecule has 2 N–H and O–H groups in total. The van der Waals surface area contributed by atoms with E-state index in [-0.39, 0.29) is 24.7 Å². The number of likely N-dealkylation sites (N-methyl/N-ethyl adjacent to an activating group) is 1. The molecule has 0 bridgehead atoms. The van der Waals surface area contributed by atoms with Crippen molar-refractivity contribution < 1.29 is 24.5 Å². The summed E-state index contributed by atoms with van der Waals surface area (Å²) in [5.74, 6) is 0.878. The third kappa shape index (κ3) is 7.41. The van der Waals surface area contributed by atoms with E-state index in [1.165, 1.54) is 11.1 Å². The van der Waals surface area contributed by atoms with Crippen LogP contribution in [0.15, 0.2) is 47.6 Å². The molecule has 3 rings (SSSR count). The van der Waals surface area contributed by atoms with Crippen molar-refractivity contribution in [3.05, 3.63) is 47.6 Å². The van der Waals surface area contributed by atoms with Crippen molar-refractivity contribution in [1.29, 1.82) is 0 Å². The minimum absolute atomic E-state index is 0.0433. The number of ether oxygens (including phenoxy) is 2. The van der Waals surface area contributed by atoms with Gasteiger partial charge in [-0.3, -0.25) is 4.79 Å². The van der Waals surface area contributed by atoms with Gasteiger partial charge in [0.05, 0.1) is 30.8 Å². The molecule has 0 amide bonds. The van der Waals surface area contributed by atoms with E-state index in [1.807, 2.05) is 25.1 Å². The van der Waals surface area contributed by atoms with Crippen molar-refractivity contribution in [2.45, 2.75) is 96.9 Å². The van der Waals surface area contributed by atoms with Crippen molar-refractivity contribution in [2.24, 2.45) is 23.7 Å². The number of carbonyl (C=O) groups is 1. The van der Waals surface area contributed by atoms with E-state index < -0.39 is 24.3 Å². The third-order valence-electron chi connectivity index (χ3n) is 8.22. The first kappa shape index (κ1) is 28.8. The topological polar surface area (TPSA) is 79.2 Å². The second-order valence-electron chi connectivity index (χ2n) is 11.3. The zero-order valence-electron chi connectivity index (χ0n) is 23.1. The zero-order chi connectivity index (χ0) is 26.6. The van der Waals surface area contributed by atoms with E-state index in [9.17, 15) is 15.0 Å². The van der Waals surface area contributed by atoms with Crippen LogP contribution in [0, 0.1) is 23.7 Å². The predicted octanol–water partition coefficient (Wildman–Crippen LogP) is 5.00. The Hall–Kier alpha value is -1.73. The van der Waals surface area contributed by atoms with Gasteiger partial charge in [-0.05, 0) is 82.0 Å². The second kappa shape index (κ2) is 12.7. The first-order valence-electron chi connectivity index (χ1n) is 13.6. The van der Waals surface area contributed by atoms with Crippen LogP contribution in [0.3, 0.4) is 0 Å². The molecule has 10 unspecified atom stereocenters. The highest BCUT2D eigenvalue weighted by Gasteiger charge is 2.44. The number of aliphatic carboxylic acids is 1. The number of hydrogen-bond acceptors (Lipinski definition) is 5. The molecule has 6 heteroatoms. The Morgan fingerprint density at radius 1 is 1.22 bits per heavy atom. The monoisotopic (exact) mass is 501 g/mol. The number of allylic oxidation sites excluding steroid dienone is 4. The molecule has 202 valence electrons. The SMILES string of the molecule is CCC1OC(C(C)=CC(C)C=CC2C(C)C2C=CC2OC(CC(=O)O)CC(N(C)C)C2O)CC=C1C. The van der Waals surface area contributed by atoms with Crippen LogP contribution >= 0.6 is 0 Å². The second-order valence-corrected chi connectivity index (χ2v) is 11.3. The molecule has 0 aromatic rings. The summed E-state index contributed by atoms with van der Waals surface area (Å²) in [6, 6.07) is -0.124. The van der Waals surface area contributed by atoms with Gasteiger partial charge in [0.25, 0.3) is 0 Å². The van der Waals surface area contributed by atoms with Crippen molar-refractivity contribution in [1.82, 2.24) is 4.90 Å². The third-order valence-corrected chi connectivity index (χ3v) is 8.22. The zero-order valence-corrected chi connectivity index (χ0v) is 23.1. The lowest BCUT2D eigenvalue weighted by Gasteiger charge is -2.41. The molecule has 2 aliphatic heterocycles. The fourth-order valence-electron chi connectivity index (χ4n) is 5.74. The average molecular weight is 502 g/mol. The lowest BCUT2D eigenvalue weighted by molar-refractivity contribution is -0.153. The Balaban J connectivity index is 1.56. The van der Waals surface area contributed by atoms with Crippen LogP contribution in [0.25, 0.3) is 0 Å². The lowest BCUT2D eigenvalue weighted by Crippen LogP contribution is -2.53. The molecule has 6 nitrogen and oxygen atoms in total. The Labute approximate surface area is 217 Å². The largest absolute Gasteiger partial charge is 0.481 e. The lowest BCUT2D eigenvalue weighted by atomic mass is 9.92. The van der Waals surface area contributed by atoms with Crippen molar-refractivity contribution in [2.75, 3.05) is 14.1 Å². The van der Waals surface area contributed by atoms with Crippen molar-refractivity contribution in [3.8, 4) is 0 Å². The van der Waals surface area contributed by atoms with Gasteiger partial charge >= 0.3 is 5.97 Å². The van der Waals surface area contributed by atoms with Gasteiger partial charge in [0.15, 0.2) is 0 Å². The number of hydrogen-bond donors (Lipinski definition) is 2. The molecule has 0 spiro atoms. The number of aliphatic hydroxyl groups is 1. The van der Waals surface area contributed by atoms with Crippen LogP contribution in [-0.4, -0.2) is 71.7 Å². The first-order valence-corrected chi connectivity index (χ1v) is 13.6. The minimum atomic E-state index is -0.872. The molecule has 0 aromatic carbocycles. The van der Waals surface area contributed by atoms with Crippen LogP contribution in [0.5, 0.6) is 0 Å². The number of rotatable bonds is 10. The molecule has 2 heterocycles. The van der Waals surface area contributed by atoms with Crippen LogP contribution in [0.4, 0.5) is 0 Å². The maximum absolute atomic E-state index is 11.2. The van der Waals surface area contributed by atoms with Crippen LogP contribution in [-0.2, 0) is 14.3 Å². The van der Waals surface area contributed by atoms with E-state index in [1.54, 1.807) is 0 Å². The van der Waals surface area contributed by atoms with Crippen molar-refractivity contribution >= 4 is 5.97 Å². The molecule has 1 aliphatic carbocycles. The summed E-state index contributed by atoms with van der Waals surface area (Å²) in [7, 11) is 3.83. The molecular weight excluding hydrogens is 454 g/mol. The molecule has 1 saturated carbocycles. The minimum Gasteiger partial charge on any atom is -0.481 e. The summed E-state index contributed by atoms with van der Waals surface area (Å²) < 4.78 is 12.3. The summed E-state index contributed by atoms with van der Waals surface area (Å²) in [4.78, 5) is 13.2. The smallest absolute Gasteiger partial charge is 0.305 e. The molecule has 1 saturated heterocycles. The highest BCUT2D eigenvalue weighted by Crippen LogP contribution is 2.48. The number of nitrogens with zero attached hydrogens (tertiary/aromatic N) is 1. The van der Waals surface area contributed by atoms with Gasteiger partial charge in [-0.15, -0.1) is 0 Å². The highest BCUT2D eigenvalue weighted by atomic mass is 16.5. The Kier molecular flexibility index (Phi) is 10.2. The number of carboxylic acids is 1. The summed E-state index contributed by atoms with van der Waals surface area (Å²) in [6.07, 6.45) is 14.6. The van der Waals surface area contributed by atoms with Gasteiger partial charge in [0, 0.05) is 6.04 Å². The predicted molar refractivity (Wildman–Crippen MR) is 144 cm³/mol. The molecule has 2 fully saturated rings. The summed E-state index contributed by atoms with van der Waals surface area (Å²) in [5, 5.41) is 20.0. The van der Waals surface area contributed by atoms with Crippen molar-refractivity contribution in [3.63, 3.8) is 0 Å². The maximum atomic E-state index is 11.2. The van der Waals surface area contributed by atoms with Gasteiger partial charge in [-0.25, -0.2) is 0 Å². The van der Waals surface area contributed by atoms with Gasteiger partial charge < -0.3 is 24.6 Å². The first-order chi connectivity index (χ1) is 17.0. The van der Waals surface area contributed by atoms with Gasteiger partial charge in [-0.1, -0.05) is 57.2 Å². The number of aliphatic hydroxyl groups excluding tert-OH is 1. The van der Waals surface area contributed by atoms with E-state index in [0.717, 1.165) is 12.8 Å². The fourth-order valence-corrected chi connectivity index (χ4v) is 5.74. The quantitative estimate of drug-likeness (QED) is 0.410. The maximum Gasteiger partial charge on any atom is 0.305 e. The molecule has 10 atom stereocenters. The standard InChI is InChI=1S/C30H47NO5/c1-8-26-19(3)10-13-27(36-26)20(4)15-18(2)9-11-23-21(5)24(23)12-14-28-30(34)25(31(6)7)16-22(35-28)17-29(32)33/h9-12,14-15,18,21-28,30,34H,8,13,16-17H2,1-7H3,(H,32,33). The number of carboxylic acid groups (broad SMARTS) is 1. The molecule has 0 aromatic heterocycles. The van der Waals surface area contributed by atoms with E-state index in [4.69, 9.17) is 9.47 Å². The summed E-state index contributed by atoms with van der Waals surface area (Å²) in [5.41, 5.74) is 2.64.